The highest BCUT2D eigenvalue weighted by Gasteiger charge is 2.38. The predicted octanol–water partition coefficient (Wildman–Crippen LogP) is 2.85. The van der Waals surface area contributed by atoms with E-state index in [-0.39, 0.29) is 42.4 Å². The zero-order valence-electron chi connectivity index (χ0n) is 19.1. The number of amides is 3. The molecule has 0 aromatic heterocycles. The van der Waals surface area contributed by atoms with Gasteiger partial charge in [0.1, 0.15) is 5.82 Å². The molecular weight excluding hydrogens is 506 g/mol. The summed E-state index contributed by atoms with van der Waals surface area (Å²) < 4.78 is 75.1. The summed E-state index contributed by atoms with van der Waals surface area (Å²) in [5, 5.41) is 1.50. The Kier molecular flexibility index (Phi) is 8.02. The fourth-order valence-corrected chi connectivity index (χ4v) is 4.70. The zero-order chi connectivity index (χ0) is 26.7. The Morgan fingerprint density at radius 3 is 2.19 bits per heavy atom. The lowest BCUT2D eigenvalue weighted by Gasteiger charge is -2.33. The van der Waals surface area contributed by atoms with Crippen LogP contribution in [0.15, 0.2) is 42.5 Å². The lowest BCUT2D eigenvalue weighted by molar-refractivity contribution is -0.173. The van der Waals surface area contributed by atoms with Crippen LogP contribution in [0.2, 0.25) is 0 Å². The summed E-state index contributed by atoms with van der Waals surface area (Å²) in [5.41, 5.74) is 1.12. The smallest absolute Gasteiger partial charge is 0.341 e. The largest absolute Gasteiger partial charge is 0.471 e. The number of hydrogen-bond acceptors (Lipinski definition) is 5. The lowest BCUT2D eigenvalue weighted by Crippen LogP contribution is -2.50. The highest BCUT2D eigenvalue weighted by atomic mass is 32.2. The van der Waals surface area contributed by atoms with Crippen LogP contribution in [0, 0.1) is 12.7 Å². The highest BCUT2D eigenvalue weighted by Crippen LogP contribution is 2.25. The number of carbonyl (C=O) groups excluding carboxylic acids is 3. The van der Waals surface area contributed by atoms with Gasteiger partial charge < -0.3 is 10.2 Å². The molecule has 1 fully saturated rings. The van der Waals surface area contributed by atoms with Gasteiger partial charge in [0.25, 0.3) is 0 Å². The van der Waals surface area contributed by atoms with Gasteiger partial charge >= 0.3 is 18.1 Å². The number of alkyl halides is 3. The van der Waals surface area contributed by atoms with Crippen molar-refractivity contribution in [3.8, 4) is 0 Å². The number of urea groups is 1. The minimum Gasteiger partial charge on any atom is -0.341 e. The van der Waals surface area contributed by atoms with E-state index in [0.717, 1.165) is 4.90 Å². The maximum atomic E-state index is 14.8. The van der Waals surface area contributed by atoms with Crippen molar-refractivity contribution in [2.75, 3.05) is 36.0 Å². The molecule has 1 saturated heterocycles. The number of carbonyl (C=O) groups is 3. The first-order valence-corrected chi connectivity index (χ1v) is 12.6. The van der Waals surface area contributed by atoms with Crippen LogP contribution in [0.25, 0.3) is 0 Å². The van der Waals surface area contributed by atoms with Gasteiger partial charge in [0.05, 0.1) is 30.3 Å². The first-order valence-electron chi connectivity index (χ1n) is 10.8. The van der Waals surface area contributed by atoms with Crippen LogP contribution in [-0.4, -0.2) is 68.4 Å². The Hall–Kier alpha value is -3.48. The molecule has 0 unspecified atom stereocenters. The van der Waals surface area contributed by atoms with Crippen LogP contribution in [0.4, 0.5) is 28.0 Å². The molecule has 0 radical (unpaired) electrons. The molecule has 13 heteroatoms. The summed E-state index contributed by atoms with van der Waals surface area (Å²) in [6.45, 7) is 0.627. The second-order valence-electron chi connectivity index (χ2n) is 8.26. The molecule has 2 aromatic rings. The van der Waals surface area contributed by atoms with Gasteiger partial charge in [0.15, 0.2) is 15.6 Å². The summed E-state index contributed by atoms with van der Waals surface area (Å²) in [4.78, 5) is 38.8. The van der Waals surface area contributed by atoms with Gasteiger partial charge in [-0.1, -0.05) is 30.3 Å². The second kappa shape index (κ2) is 10.6. The van der Waals surface area contributed by atoms with Crippen LogP contribution in [0.1, 0.15) is 21.5 Å². The maximum Gasteiger partial charge on any atom is 0.471 e. The average Bonchev–Trinajstić information content (AvgIpc) is 2.80. The minimum absolute atomic E-state index is 0.0194. The van der Waals surface area contributed by atoms with Gasteiger partial charge in [-0.2, -0.15) is 13.2 Å². The lowest BCUT2D eigenvalue weighted by atomic mass is 10.1. The van der Waals surface area contributed by atoms with Crippen LogP contribution in [0.5, 0.6) is 0 Å². The molecular formula is C23H23F4N3O5S. The van der Waals surface area contributed by atoms with Gasteiger partial charge in [0.2, 0.25) is 0 Å². The molecule has 1 heterocycles. The van der Waals surface area contributed by atoms with E-state index >= 15 is 0 Å². The van der Waals surface area contributed by atoms with Crippen LogP contribution >= 0.6 is 0 Å². The molecule has 0 bridgehead atoms. The van der Waals surface area contributed by atoms with E-state index in [1.165, 1.54) is 46.6 Å². The second-order valence-corrected chi connectivity index (χ2v) is 10.6. The van der Waals surface area contributed by atoms with Gasteiger partial charge in [-0.3, -0.25) is 14.5 Å². The molecule has 194 valence electrons. The van der Waals surface area contributed by atoms with Gasteiger partial charge in [-0.15, -0.1) is 0 Å². The third kappa shape index (κ3) is 6.80. The first kappa shape index (κ1) is 27.1. The van der Waals surface area contributed by atoms with Crippen molar-refractivity contribution in [1.82, 2.24) is 10.2 Å². The summed E-state index contributed by atoms with van der Waals surface area (Å²) in [7, 11) is -3.25. The predicted molar refractivity (Wildman–Crippen MR) is 123 cm³/mol. The monoisotopic (exact) mass is 529 g/mol. The molecule has 36 heavy (non-hydrogen) atoms. The number of halogens is 4. The number of benzene rings is 2. The summed E-state index contributed by atoms with van der Waals surface area (Å²) in [6.07, 6.45) is -5.11. The number of aryl methyl sites for hydroxylation is 1. The number of ketones is 1. The van der Waals surface area contributed by atoms with E-state index in [0.29, 0.717) is 11.1 Å². The fraction of sp³-hybridized carbons (Fsp3) is 0.348. The molecule has 2 aromatic carbocycles. The van der Waals surface area contributed by atoms with E-state index in [4.69, 9.17) is 0 Å². The van der Waals surface area contributed by atoms with E-state index in [1.807, 2.05) is 0 Å². The third-order valence-electron chi connectivity index (χ3n) is 5.52. The van der Waals surface area contributed by atoms with Crippen LogP contribution < -0.4 is 10.2 Å². The Balaban J connectivity index is 1.78. The number of Topliss-reactive ketones (excluding diaryl/α,β-unsaturated/α-hetero) is 1. The molecule has 0 saturated carbocycles. The van der Waals surface area contributed by atoms with E-state index < -0.39 is 46.1 Å². The number of anilines is 1. The van der Waals surface area contributed by atoms with Crippen molar-refractivity contribution < 1.29 is 40.4 Å². The van der Waals surface area contributed by atoms with Crippen molar-refractivity contribution in [3.63, 3.8) is 0 Å². The molecule has 0 atom stereocenters. The van der Waals surface area contributed by atoms with Crippen molar-refractivity contribution in [2.45, 2.75) is 19.6 Å². The molecule has 1 aliphatic heterocycles. The number of sulfone groups is 1. The van der Waals surface area contributed by atoms with Gasteiger partial charge in [-0.05, 0) is 30.2 Å². The summed E-state index contributed by atoms with van der Waals surface area (Å²) in [5.74, 6) is -4.05. The fourth-order valence-electron chi connectivity index (χ4n) is 3.50. The Bertz CT molecular complexity index is 1250. The van der Waals surface area contributed by atoms with Crippen molar-refractivity contribution in [2.24, 2.45) is 0 Å². The molecule has 3 amide bonds. The van der Waals surface area contributed by atoms with E-state index in [2.05, 4.69) is 0 Å². The van der Waals surface area contributed by atoms with Gasteiger partial charge in [0, 0.05) is 18.7 Å². The number of rotatable bonds is 6. The molecule has 1 N–H and O–H groups in total. The molecule has 1 aliphatic rings. The van der Waals surface area contributed by atoms with Crippen molar-refractivity contribution in [3.05, 3.63) is 65.0 Å². The van der Waals surface area contributed by atoms with E-state index in [9.17, 15) is 40.4 Å². The highest BCUT2D eigenvalue weighted by molar-refractivity contribution is 7.91. The molecule has 0 aliphatic carbocycles. The standard InChI is InChI=1S/C23H23F4N3O5S/c1-15-2-7-19(18(24)12-15)30(22(33)29-8-10-36(34,35)11-9-29)14-16-3-5-17(6-4-16)20(31)13-28-21(32)23(25,26)27/h2-7,12H,8-11,13-14H2,1H3,(H,28,32). The van der Waals surface area contributed by atoms with Crippen LogP contribution in [0.3, 0.4) is 0 Å². The SMILES string of the molecule is Cc1ccc(N(Cc2ccc(C(=O)CNC(=O)C(F)(F)F)cc2)C(=O)N2CCS(=O)(=O)CC2)c(F)c1. The maximum absolute atomic E-state index is 14.8. The van der Waals surface area contributed by atoms with Crippen molar-refractivity contribution >= 4 is 33.2 Å². The molecule has 3 rings (SSSR count). The van der Waals surface area contributed by atoms with Gasteiger partial charge in [-0.25, -0.2) is 17.6 Å². The topological polar surface area (TPSA) is 104 Å². The van der Waals surface area contributed by atoms with Crippen molar-refractivity contribution in [1.29, 1.82) is 0 Å². The quantitative estimate of drug-likeness (QED) is 0.458. The number of hydrogen-bond donors (Lipinski definition) is 1. The summed E-state index contributed by atoms with van der Waals surface area (Å²) in [6, 6.07) is 9.26. The Morgan fingerprint density at radius 2 is 1.64 bits per heavy atom. The summed E-state index contributed by atoms with van der Waals surface area (Å²) >= 11 is 0. The first-order chi connectivity index (χ1) is 16.8. The third-order valence-corrected chi connectivity index (χ3v) is 7.13. The average molecular weight is 530 g/mol. The Labute approximate surface area is 204 Å². The minimum atomic E-state index is -5.11. The zero-order valence-corrected chi connectivity index (χ0v) is 20.0. The normalized spacial score (nSPS) is 15.3. The number of nitrogens with one attached hydrogen (secondary N) is 1. The number of nitrogens with zero attached hydrogens (tertiary/aromatic N) is 2. The Morgan fingerprint density at radius 1 is 1.03 bits per heavy atom. The van der Waals surface area contributed by atoms with E-state index in [1.54, 1.807) is 13.0 Å². The molecule has 0 spiro atoms. The molecule has 8 nitrogen and oxygen atoms in total. The van der Waals surface area contributed by atoms with Crippen LogP contribution in [-0.2, 0) is 21.2 Å².